The maximum absolute atomic E-state index is 13.4. The van der Waals surface area contributed by atoms with Crippen molar-refractivity contribution >= 4 is 58.5 Å². The highest BCUT2D eigenvalue weighted by Crippen LogP contribution is 2.35. The monoisotopic (exact) mass is 664 g/mol. The van der Waals surface area contributed by atoms with Crippen LogP contribution in [0.5, 0.6) is 5.75 Å². The van der Waals surface area contributed by atoms with E-state index in [-0.39, 0.29) is 35.2 Å². The first kappa shape index (κ1) is 33.6. The normalized spacial score (nSPS) is 14.5. The van der Waals surface area contributed by atoms with Gasteiger partial charge in [0, 0.05) is 28.6 Å². The maximum Gasteiger partial charge on any atom is 0.276 e. The van der Waals surface area contributed by atoms with E-state index in [4.69, 9.17) is 4.74 Å². The number of para-hydroxylation sites is 1. The number of ether oxygens (including phenoxy) is 1. The van der Waals surface area contributed by atoms with Crippen LogP contribution >= 0.6 is 11.8 Å². The first-order valence-electron chi connectivity index (χ1n) is 15.2. The number of nitrogens with one attached hydrogen (secondary N) is 2. The molecule has 1 heterocycles. The van der Waals surface area contributed by atoms with Gasteiger partial charge in [-0.2, -0.15) is 0 Å². The summed E-state index contributed by atoms with van der Waals surface area (Å²) >= 11 is 1.24. The molecule has 1 unspecified atom stereocenters. The second-order valence-electron chi connectivity index (χ2n) is 10.7. The molecule has 0 aromatic heterocycles. The molecule has 2 N–H and O–H groups in total. The average Bonchev–Trinajstić information content (AvgIpc) is 3.37. The third-order valence-electron chi connectivity index (χ3n) is 7.32. The maximum atomic E-state index is 13.4. The Morgan fingerprint density at radius 2 is 1.65 bits per heavy atom. The minimum absolute atomic E-state index is 0.0393. The number of thioether (sulfide) groups is 1. The van der Waals surface area contributed by atoms with Gasteiger partial charge in [-0.25, -0.2) is 4.90 Å². The van der Waals surface area contributed by atoms with Gasteiger partial charge >= 0.3 is 0 Å². The lowest BCUT2D eigenvalue weighted by molar-refractivity contribution is -0.385. The number of rotatable bonds is 13. The van der Waals surface area contributed by atoms with Crippen molar-refractivity contribution in [1.82, 2.24) is 5.32 Å². The molecule has 11 nitrogen and oxygen atoms in total. The second-order valence-corrected chi connectivity index (χ2v) is 12.0. The van der Waals surface area contributed by atoms with Crippen LogP contribution in [0.25, 0.3) is 6.08 Å². The highest BCUT2D eigenvalue weighted by molar-refractivity contribution is 8.00. The number of unbranched alkanes of at least 4 members (excludes halogenated alkanes) is 1. The summed E-state index contributed by atoms with van der Waals surface area (Å²) in [5.41, 5.74) is 0.861. The molecule has 4 aromatic carbocycles. The molecule has 48 heavy (non-hydrogen) atoms. The molecule has 1 aliphatic heterocycles. The van der Waals surface area contributed by atoms with E-state index in [0.717, 1.165) is 12.8 Å². The van der Waals surface area contributed by atoms with Crippen molar-refractivity contribution in [3.63, 3.8) is 0 Å². The van der Waals surface area contributed by atoms with Gasteiger partial charge in [-0.05, 0) is 79.2 Å². The van der Waals surface area contributed by atoms with E-state index in [1.54, 1.807) is 84.9 Å². The van der Waals surface area contributed by atoms with E-state index < -0.39 is 22.0 Å². The number of hydrogen-bond donors (Lipinski definition) is 2. The molecule has 1 atom stereocenters. The Balaban J connectivity index is 1.26. The van der Waals surface area contributed by atoms with Gasteiger partial charge < -0.3 is 15.4 Å². The van der Waals surface area contributed by atoms with E-state index in [2.05, 4.69) is 17.6 Å². The third-order valence-corrected chi connectivity index (χ3v) is 8.52. The number of carbonyl (C=O) groups excluding carboxylic acids is 4. The molecule has 4 aromatic rings. The van der Waals surface area contributed by atoms with Crippen LogP contribution in [-0.4, -0.2) is 40.4 Å². The zero-order valence-electron chi connectivity index (χ0n) is 26.0. The molecule has 1 saturated heterocycles. The number of anilines is 2. The SMILES string of the molecule is CCCCOc1ccc(N2C(=O)CC(Sc3ccc(NC(=O)/C(=C\c4ccccc4[N+](=O)[O-])NC(=O)c4ccccc4)cc3)C2=O)cc1. The van der Waals surface area contributed by atoms with E-state index in [1.807, 2.05) is 0 Å². The molecule has 12 heteroatoms. The van der Waals surface area contributed by atoms with Gasteiger partial charge in [0.05, 0.1) is 28.0 Å². The lowest BCUT2D eigenvalue weighted by Gasteiger charge is -2.16. The molecule has 0 bridgehead atoms. The second kappa shape index (κ2) is 15.7. The molecular formula is C36H32N4O7S. The lowest BCUT2D eigenvalue weighted by Crippen LogP contribution is -2.31. The van der Waals surface area contributed by atoms with Crippen LogP contribution < -0.4 is 20.3 Å². The van der Waals surface area contributed by atoms with Gasteiger partial charge in [-0.3, -0.25) is 29.3 Å². The molecule has 0 spiro atoms. The van der Waals surface area contributed by atoms with Crippen LogP contribution in [0.1, 0.15) is 42.1 Å². The molecule has 1 fully saturated rings. The minimum atomic E-state index is -0.702. The van der Waals surface area contributed by atoms with Gasteiger partial charge in [-0.1, -0.05) is 43.7 Å². The first-order chi connectivity index (χ1) is 23.2. The number of hydrogen-bond acceptors (Lipinski definition) is 8. The van der Waals surface area contributed by atoms with Crippen LogP contribution in [0.4, 0.5) is 17.1 Å². The van der Waals surface area contributed by atoms with Gasteiger partial charge in [0.2, 0.25) is 11.8 Å². The van der Waals surface area contributed by atoms with Crippen molar-refractivity contribution in [1.29, 1.82) is 0 Å². The van der Waals surface area contributed by atoms with E-state index in [1.165, 1.54) is 40.9 Å². The van der Waals surface area contributed by atoms with Crippen molar-refractivity contribution in [3.05, 3.63) is 130 Å². The Hall–Kier alpha value is -5.75. The summed E-state index contributed by atoms with van der Waals surface area (Å²) < 4.78 is 5.67. The van der Waals surface area contributed by atoms with Crippen LogP contribution in [0.15, 0.2) is 114 Å². The summed E-state index contributed by atoms with van der Waals surface area (Å²) in [6, 6.07) is 27.7. The van der Waals surface area contributed by atoms with E-state index in [0.29, 0.717) is 34.2 Å². The highest BCUT2D eigenvalue weighted by Gasteiger charge is 2.40. The number of benzene rings is 4. The van der Waals surface area contributed by atoms with E-state index in [9.17, 15) is 29.3 Å². The molecule has 0 radical (unpaired) electrons. The number of amides is 4. The largest absolute Gasteiger partial charge is 0.494 e. The fourth-order valence-corrected chi connectivity index (χ4v) is 5.90. The third kappa shape index (κ3) is 8.34. The summed E-state index contributed by atoms with van der Waals surface area (Å²) in [5, 5.41) is 16.2. The highest BCUT2D eigenvalue weighted by atomic mass is 32.2. The predicted octanol–water partition coefficient (Wildman–Crippen LogP) is 6.61. The molecule has 4 amide bonds. The van der Waals surface area contributed by atoms with Crippen molar-refractivity contribution in [2.45, 2.75) is 36.3 Å². The first-order valence-corrected chi connectivity index (χ1v) is 16.1. The smallest absolute Gasteiger partial charge is 0.276 e. The summed E-state index contributed by atoms with van der Waals surface area (Å²) in [5.74, 6) is -1.21. The summed E-state index contributed by atoms with van der Waals surface area (Å²) in [7, 11) is 0. The molecule has 0 aliphatic carbocycles. The van der Waals surface area contributed by atoms with Gasteiger partial charge in [0.15, 0.2) is 0 Å². The summed E-state index contributed by atoms with van der Waals surface area (Å²) in [6.07, 6.45) is 3.24. The predicted molar refractivity (Wildman–Crippen MR) is 184 cm³/mol. The zero-order chi connectivity index (χ0) is 34.0. The number of imide groups is 1. The van der Waals surface area contributed by atoms with Gasteiger partial charge in [0.25, 0.3) is 17.5 Å². The van der Waals surface area contributed by atoms with Crippen LogP contribution in [0, 0.1) is 10.1 Å². The number of nitrogens with zero attached hydrogens (tertiary/aromatic N) is 2. The Bertz CT molecular complexity index is 1840. The average molecular weight is 665 g/mol. The van der Waals surface area contributed by atoms with E-state index >= 15 is 0 Å². The molecule has 1 aliphatic rings. The Morgan fingerprint density at radius 3 is 2.33 bits per heavy atom. The number of nitro benzene ring substituents is 1. The fraction of sp³-hybridized carbons (Fsp3) is 0.167. The van der Waals surface area contributed by atoms with Crippen LogP contribution in [0.2, 0.25) is 0 Å². The molecule has 0 saturated carbocycles. The van der Waals surface area contributed by atoms with Gasteiger partial charge in [-0.15, -0.1) is 11.8 Å². The van der Waals surface area contributed by atoms with Crippen molar-refractivity contribution < 1.29 is 28.8 Å². The fourth-order valence-electron chi connectivity index (χ4n) is 4.85. The van der Waals surface area contributed by atoms with Gasteiger partial charge in [0.1, 0.15) is 11.4 Å². The number of carbonyl (C=O) groups is 4. The Labute approximate surface area is 281 Å². The van der Waals surface area contributed by atoms with Crippen LogP contribution in [-0.2, 0) is 14.4 Å². The van der Waals surface area contributed by atoms with Crippen molar-refractivity contribution in [2.75, 3.05) is 16.8 Å². The zero-order valence-corrected chi connectivity index (χ0v) is 26.8. The Kier molecular flexibility index (Phi) is 11.0. The van der Waals surface area contributed by atoms with Crippen LogP contribution in [0.3, 0.4) is 0 Å². The Morgan fingerprint density at radius 1 is 0.958 bits per heavy atom. The lowest BCUT2D eigenvalue weighted by atomic mass is 10.1. The standard InChI is InChI=1S/C36H32N4O7S/c1-2-3-21-47-28-17-15-27(16-18-28)39-33(41)23-32(36(39)44)48-29-19-13-26(14-20-29)37-35(43)30(38-34(42)24-9-5-4-6-10-24)22-25-11-7-8-12-31(25)40(45)46/h4-20,22,32H,2-3,21,23H2,1H3,(H,37,43)(H,38,42)/b30-22+. The molecule has 244 valence electrons. The number of nitro groups is 1. The quantitative estimate of drug-likeness (QED) is 0.0534. The minimum Gasteiger partial charge on any atom is -0.494 e. The summed E-state index contributed by atoms with van der Waals surface area (Å²) in [4.78, 5) is 65.3. The van der Waals surface area contributed by atoms with Crippen molar-refractivity contribution in [2.24, 2.45) is 0 Å². The molecule has 5 rings (SSSR count). The summed E-state index contributed by atoms with van der Waals surface area (Å²) in [6.45, 7) is 2.67. The molecular weight excluding hydrogens is 632 g/mol. The van der Waals surface area contributed by atoms with Crippen molar-refractivity contribution in [3.8, 4) is 5.75 Å². The topological polar surface area (TPSA) is 148 Å².